The Balaban J connectivity index is 2.36. The molecule has 0 aliphatic carbocycles. The van der Waals surface area contributed by atoms with Crippen LogP contribution in [-0.4, -0.2) is 19.3 Å². The van der Waals surface area contributed by atoms with E-state index < -0.39 is 0 Å². The fourth-order valence-corrected chi connectivity index (χ4v) is 1.37. The Bertz CT molecular complexity index is 345. The first-order chi connectivity index (χ1) is 8.11. The molecule has 2 heteroatoms. The van der Waals surface area contributed by atoms with Crippen LogP contribution in [0.5, 0.6) is 5.75 Å². The van der Waals surface area contributed by atoms with Crippen molar-refractivity contribution in [3.05, 3.63) is 36.4 Å². The van der Waals surface area contributed by atoms with Gasteiger partial charge < -0.3 is 9.47 Å². The molecule has 0 aliphatic heterocycles. The highest BCUT2D eigenvalue weighted by atomic mass is 16.5. The summed E-state index contributed by atoms with van der Waals surface area (Å²) < 4.78 is 11.3. The third-order valence-electron chi connectivity index (χ3n) is 2.34. The van der Waals surface area contributed by atoms with Gasteiger partial charge in [-0.3, -0.25) is 0 Å². The van der Waals surface area contributed by atoms with Crippen LogP contribution in [0, 0.1) is 5.92 Å². The van der Waals surface area contributed by atoms with Crippen LogP contribution in [0.15, 0.2) is 30.8 Å². The Morgan fingerprint density at radius 2 is 2.00 bits per heavy atom. The molecule has 2 nitrogen and oxygen atoms in total. The zero-order valence-electron chi connectivity index (χ0n) is 11.0. The molecule has 0 saturated heterocycles. The predicted molar refractivity (Wildman–Crippen MR) is 72.3 cm³/mol. The number of hydrogen-bond acceptors (Lipinski definition) is 2. The fraction of sp³-hybridized carbons (Fsp3) is 0.467. The van der Waals surface area contributed by atoms with E-state index in [1.165, 1.54) is 0 Å². The van der Waals surface area contributed by atoms with Crippen molar-refractivity contribution in [2.24, 2.45) is 5.92 Å². The first-order valence-corrected chi connectivity index (χ1v) is 6.08. The molecule has 1 aromatic carbocycles. The monoisotopic (exact) mass is 234 g/mol. The first-order valence-electron chi connectivity index (χ1n) is 6.08. The quantitative estimate of drug-likeness (QED) is 0.715. The summed E-state index contributed by atoms with van der Waals surface area (Å²) in [7, 11) is 0. The van der Waals surface area contributed by atoms with Gasteiger partial charge >= 0.3 is 0 Å². The van der Waals surface area contributed by atoms with Crippen LogP contribution in [0.1, 0.15) is 26.3 Å². The first kappa shape index (κ1) is 13.8. The lowest BCUT2D eigenvalue weighted by molar-refractivity contribution is 0.0427. The Morgan fingerprint density at radius 3 is 2.65 bits per heavy atom. The van der Waals surface area contributed by atoms with Crippen LogP contribution < -0.4 is 4.74 Å². The van der Waals surface area contributed by atoms with Gasteiger partial charge in [-0.15, -0.1) is 0 Å². The number of benzene rings is 1. The summed E-state index contributed by atoms with van der Waals surface area (Å²) >= 11 is 0. The van der Waals surface area contributed by atoms with E-state index in [0.717, 1.165) is 17.9 Å². The summed E-state index contributed by atoms with van der Waals surface area (Å²) in [5, 5.41) is 0. The van der Waals surface area contributed by atoms with E-state index in [0.29, 0.717) is 12.5 Å². The van der Waals surface area contributed by atoms with Gasteiger partial charge in [0.2, 0.25) is 0 Å². The maximum Gasteiger partial charge on any atom is 0.119 e. The SMILES string of the molecule is C=Cc1cccc(OCC(C)COC(C)C)c1. The average Bonchev–Trinajstić information content (AvgIpc) is 2.34. The van der Waals surface area contributed by atoms with Crippen molar-refractivity contribution in [3.8, 4) is 5.75 Å². The zero-order valence-corrected chi connectivity index (χ0v) is 11.0. The molecule has 1 rings (SSSR count). The summed E-state index contributed by atoms with van der Waals surface area (Å²) in [5.74, 6) is 1.28. The Hall–Kier alpha value is -1.28. The van der Waals surface area contributed by atoms with Gasteiger partial charge in [-0.05, 0) is 31.5 Å². The summed E-state index contributed by atoms with van der Waals surface area (Å²) in [6.45, 7) is 11.4. The Labute approximate surface area is 104 Å². The van der Waals surface area contributed by atoms with Crippen molar-refractivity contribution in [1.82, 2.24) is 0 Å². The predicted octanol–water partition coefficient (Wildman–Crippen LogP) is 3.77. The molecule has 0 saturated carbocycles. The summed E-state index contributed by atoms with van der Waals surface area (Å²) in [6.07, 6.45) is 2.10. The van der Waals surface area contributed by atoms with Gasteiger partial charge in [0.05, 0.1) is 19.3 Å². The van der Waals surface area contributed by atoms with E-state index in [4.69, 9.17) is 9.47 Å². The summed E-state index contributed by atoms with van der Waals surface area (Å²) in [5.41, 5.74) is 1.08. The number of rotatable bonds is 7. The van der Waals surface area contributed by atoms with E-state index in [-0.39, 0.29) is 6.10 Å². The van der Waals surface area contributed by atoms with Crippen LogP contribution in [0.2, 0.25) is 0 Å². The van der Waals surface area contributed by atoms with Crippen molar-refractivity contribution < 1.29 is 9.47 Å². The molecule has 1 atom stereocenters. The van der Waals surface area contributed by atoms with Gasteiger partial charge in [-0.1, -0.05) is 31.7 Å². The molecule has 1 aromatic rings. The van der Waals surface area contributed by atoms with Crippen LogP contribution in [0.3, 0.4) is 0 Å². The van der Waals surface area contributed by atoms with Crippen molar-refractivity contribution in [2.75, 3.05) is 13.2 Å². The standard InChI is InChI=1S/C15H22O2/c1-5-14-7-6-8-15(9-14)17-11-13(4)10-16-12(2)3/h5-9,12-13H,1,10-11H2,2-4H3. The third-order valence-corrected chi connectivity index (χ3v) is 2.34. The normalized spacial score (nSPS) is 12.5. The van der Waals surface area contributed by atoms with Crippen LogP contribution in [0.4, 0.5) is 0 Å². The topological polar surface area (TPSA) is 18.5 Å². The third kappa shape index (κ3) is 5.55. The van der Waals surface area contributed by atoms with Crippen LogP contribution >= 0.6 is 0 Å². The highest BCUT2D eigenvalue weighted by Gasteiger charge is 2.05. The molecule has 17 heavy (non-hydrogen) atoms. The molecule has 0 spiro atoms. The molecule has 0 aromatic heterocycles. The molecule has 0 amide bonds. The molecule has 0 bridgehead atoms. The zero-order chi connectivity index (χ0) is 12.7. The number of ether oxygens (including phenoxy) is 2. The van der Waals surface area contributed by atoms with E-state index in [2.05, 4.69) is 13.5 Å². The molecule has 0 N–H and O–H groups in total. The lowest BCUT2D eigenvalue weighted by atomic mass is 10.2. The van der Waals surface area contributed by atoms with Gasteiger partial charge in [-0.2, -0.15) is 0 Å². The van der Waals surface area contributed by atoms with Crippen LogP contribution in [-0.2, 0) is 4.74 Å². The highest BCUT2D eigenvalue weighted by molar-refractivity contribution is 5.49. The van der Waals surface area contributed by atoms with E-state index >= 15 is 0 Å². The summed E-state index contributed by atoms with van der Waals surface area (Å²) in [6, 6.07) is 7.93. The molecular formula is C15H22O2. The van der Waals surface area contributed by atoms with Gasteiger partial charge in [0, 0.05) is 5.92 Å². The van der Waals surface area contributed by atoms with Crippen LogP contribution in [0.25, 0.3) is 6.08 Å². The van der Waals surface area contributed by atoms with Crippen molar-refractivity contribution in [2.45, 2.75) is 26.9 Å². The second-order valence-electron chi connectivity index (χ2n) is 4.57. The number of hydrogen-bond donors (Lipinski definition) is 0. The Morgan fingerprint density at radius 1 is 1.24 bits per heavy atom. The molecule has 0 radical (unpaired) electrons. The average molecular weight is 234 g/mol. The molecule has 0 aliphatic rings. The second kappa shape index (κ2) is 7.13. The van der Waals surface area contributed by atoms with Gasteiger partial charge in [0.25, 0.3) is 0 Å². The van der Waals surface area contributed by atoms with E-state index in [9.17, 15) is 0 Å². The van der Waals surface area contributed by atoms with Gasteiger partial charge in [0.1, 0.15) is 5.75 Å². The maximum absolute atomic E-state index is 5.71. The fourth-order valence-electron chi connectivity index (χ4n) is 1.37. The second-order valence-corrected chi connectivity index (χ2v) is 4.57. The molecular weight excluding hydrogens is 212 g/mol. The lowest BCUT2D eigenvalue weighted by Crippen LogP contribution is -2.17. The minimum Gasteiger partial charge on any atom is -0.493 e. The van der Waals surface area contributed by atoms with E-state index in [1.807, 2.05) is 44.2 Å². The van der Waals surface area contributed by atoms with Crippen molar-refractivity contribution >= 4 is 6.08 Å². The Kier molecular flexibility index (Phi) is 5.78. The van der Waals surface area contributed by atoms with Crippen molar-refractivity contribution in [1.29, 1.82) is 0 Å². The van der Waals surface area contributed by atoms with Gasteiger partial charge in [-0.25, -0.2) is 0 Å². The largest absolute Gasteiger partial charge is 0.493 e. The summed E-state index contributed by atoms with van der Waals surface area (Å²) in [4.78, 5) is 0. The molecule has 0 fully saturated rings. The minimum absolute atomic E-state index is 0.279. The van der Waals surface area contributed by atoms with Gasteiger partial charge in [0.15, 0.2) is 0 Å². The smallest absolute Gasteiger partial charge is 0.119 e. The molecule has 1 unspecified atom stereocenters. The lowest BCUT2D eigenvalue weighted by Gasteiger charge is -2.15. The molecule has 94 valence electrons. The molecule has 0 heterocycles. The minimum atomic E-state index is 0.279. The maximum atomic E-state index is 5.71. The van der Waals surface area contributed by atoms with Crippen molar-refractivity contribution in [3.63, 3.8) is 0 Å². The van der Waals surface area contributed by atoms with E-state index in [1.54, 1.807) is 0 Å². The highest BCUT2D eigenvalue weighted by Crippen LogP contribution is 2.15.